The Labute approximate surface area is 73.3 Å². The predicted octanol–water partition coefficient (Wildman–Crippen LogP) is 2.11. The molecule has 0 aromatic carbocycles. The Morgan fingerprint density at radius 2 is 2.33 bits per heavy atom. The number of Topliss-reactive ketones (excluding diaryl/α,β-unsaturated/α-hetero) is 2. The van der Waals surface area contributed by atoms with Crippen LogP contribution in [0.3, 0.4) is 0 Å². The summed E-state index contributed by atoms with van der Waals surface area (Å²) in [6.07, 6.45) is 4.92. The molecule has 1 aliphatic carbocycles. The van der Waals surface area contributed by atoms with Crippen LogP contribution >= 0.6 is 0 Å². The van der Waals surface area contributed by atoms with E-state index in [0.29, 0.717) is 12.8 Å². The van der Waals surface area contributed by atoms with Crippen LogP contribution in [0.5, 0.6) is 0 Å². The molecule has 0 aromatic heterocycles. The van der Waals surface area contributed by atoms with Crippen molar-refractivity contribution in [3.63, 3.8) is 0 Å². The van der Waals surface area contributed by atoms with Gasteiger partial charge in [0.1, 0.15) is 11.6 Å². The van der Waals surface area contributed by atoms with Gasteiger partial charge < -0.3 is 0 Å². The molecular formula is C10H16O2. The molecule has 0 N–H and O–H groups in total. The Morgan fingerprint density at radius 3 is 2.83 bits per heavy atom. The Balaban J connectivity index is 2.36. The van der Waals surface area contributed by atoms with Gasteiger partial charge in [0, 0.05) is 12.8 Å². The van der Waals surface area contributed by atoms with Crippen molar-refractivity contribution in [1.82, 2.24) is 0 Å². The lowest BCUT2D eigenvalue weighted by atomic mass is 9.97. The molecule has 1 atom stereocenters. The summed E-state index contributed by atoms with van der Waals surface area (Å²) in [5.74, 6) is 0.131. The van der Waals surface area contributed by atoms with Crippen molar-refractivity contribution in [3.8, 4) is 0 Å². The third kappa shape index (κ3) is 2.16. The number of ketones is 2. The zero-order valence-electron chi connectivity index (χ0n) is 7.64. The lowest BCUT2D eigenvalue weighted by Gasteiger charge is -2.04. The normalized spacial score (nSPS) is 23.1. The molecule has 0 amide bonds. The molecule has 68 valence electrons. The molecule has 0 heterocycles. The van der Waals surface area contributed by atoms with Crippen molar-refractivity contribution < 1.29 is 9.59 Å². The maximum atomic E-state index is 11.4. The monoisotopic (exact) mass is 168 g/mol. The van der Waals surface area contributed by atoms with Crippen molar-refractivity contribution >= 4 is 11.6 Å². The minimum atomic E-state index is -0.225. The molecule has 1 aliphatic rings. The van der Waals surface area contributed by atoms with E-state index < -0.39 is 0 Å². The highest BCUT2D eigenvalue weighted by molar-refractivity contribution is 6.03. The summed E-state index contributed by atoms with van der Waals surface area (Å²) in [6, 6.07) is 0. The van der Waals surface area contributed by atoms with Gasteiger partial charge in [-0.05, 0) is 19.3 Å². The average Bonchev–Trinajstić information content (AvgIpc) is 2.47. The summed E-state index contributed by atoms with van der Waals surface area (Å²) in [7, 11) is 0. The number of hydrogen-bond acceptors (Lipinski definition) is 2. The van der Waals surface area contributed by atoms with Crippen LogP contribution in [0.2, 0.25) is 0 Å². The van der Waals surface area contributed by atoms with Crippen LogP contribution in [-0.2, 0) is 9.59 Å². The zero-order chi connectivity index (χ0) is 8.97. The summed E-state index contributed by atoms with van der Waals surface area (Å²) in [6.45, 7) is 2.06. The van der Waals surface area contributed by atoms with Crippen molar-refractivity contribution in [1.29, 1.82) is 0 Å². The molecule has 2 nitrogen and oxygen atoms in total. The van der Waals surface area contributed by atoms with Gasteiger partial charge in [-0.1, -0.05) is 13.3 Å². The topological polar surface area (TPSA) is 34.1 Å². The predicted molar refractivity (Wildman–Crippen MR) is 46.9 cm³/mol. The second-order valence-electron chi connectivity index (χ2n) is 3.48. The van der Waals surface area contributed by atoms with Gasteiger partial charge in [-0.3, -0.25) is 9.59 Å². The molecule has 0 spiro atoms. The van der Waals surface area contributed by atoms with E-state index in [9.17, 15) is 9.59 Å². The number of rotatable bonds is 4. The smallest absolute Gasteiger partial charge is 0.143 e. The fourth-order valence-corrected chi connectivity index (χ4v) is 1.68. The standard InChI is InChI=1S/C10H16O2/c1-2-3-6-9(11)8-5-4-7-10(8)12/h8H,2-7H2,1H3. The summed E-state index contributed by atoms with van der Waals surface area (Å²) >= 11 is 0. The largest absolute Gasteiger partial charge is 0.299 e. The second-order valence-corrected chi connectivity index (χ2v) is 3.48. The van der Waals surface area contributed by atoms with Crippen LogP contribution in [-0.4, -0.2) is 11.6 Å². The van der Waals surface area contributed by atoms with E-state index in [0.717, 1.165) is 25.7 Å². The number of carbonyl (C=O) groups excluding carboxylic acids is 2. The maximum absolute atomic E-state index is 11.4. The van der Waals surface area contributed by atoms with Gasteiger partial charge in [0.25, 0.3) is 0 Å². The Hall–Kier alpha value is -0.660. The van der Waals surface area contributed by atoms with Gasteiger partial charge in [0.05, 0.1) is 5.92 Å². The van der Waals surface area contributed by atoms with Crippen LogP contribution in [0.4, 0.5) is 0 Å². The lowest BCUT2D eigenvalue weighted by molar-refractivity contribution is -0.130. The highest BCUT2D eigenvalue weighted by Crippen LogP contribution is 2.23. The fourth-order valence-electron chi connectivity index (χ4n) is 1.68. The summed E-state index contributed by atoms with van der Waals surface area (Å²) < 4.78 is 0. The van der Waals surface area contributed by atoms with E-state index in [1.54, 1.807) is 0 Å². The molecule has 12 heavy (non-hydrogen) atoms. The average molecular weight is 168 g/mol. The molecule has 0 saturated heterocycles. The van der Waals surface area contributed by atoms with Crippen molar-refractivity contribution in [2.45, 2.75) is 45.4 Å². The third-order valence-corrected chi connectivity index (χ3v) is 2.47. The van der Waals surface area contributed by atoms with Gasteiger partial charge in [0.2, 0.25) is 0 Å². The van der Waals surface area contributed by atoms with E-state index >= 15 is 0 Å². The lowest BCUT2D eigenvalue weighted by Crippen LogP contribution is -2.18. The van der Waals surface area contributed by atoms with E-state index in [2.05, 4.69) is 6.92 Å². The Bertz CT molecular complexity index is 184. The van der Waals surface area contributed by atoms with Gasteiger partial charge in [-0.25, -0.2) is 0 Å². The van der Waals surface area contributed by atoms with Crippen LogP contribution in [0.1, 0.15) is 45.4 Å². The molecule has 1 rings (SSSR count). The molecule has 1 fully saturated rings. The zero-order valence-corrected chi connectivity index (χ0v) is 7.64. The molecule has 0 radical (unpaired) electrons. The van der Waals surface area contributed by atoms with Crippen LogP contribution < -0.4 is 0 Å². The molecule has 0 aliphatic heterocycles. The number of carbonyl (C=O) groups is 2. The number of hydrogen-bond donors (Lipinski definition) is 0. The first kappa shape index (κ1) is 9.43. The Morgan fingerprint density at radius 1 is 1.58 bits per heavy atom. The van der Waals surface area contributed by atoms with Gasteiger partial charge in [0.15, 0.2) is 0 Å². The van der Waals surface area contributed by atoms with Gasteiger partial charge >= 0.3 is 0 Å². The van der Waals surface area contributed by atoms with Crippen molar-refractivity contribution in [2.24, 2.45) is 5.92 Å². The van der Waals surface area contributed by atoms with E-state index in [4.69, 9.17) is 0 Å². The maximum Gasteiger partial charge on any atom is 0.143 e. The summed E-state index contributed by atoms with van der Waals surface area (Å²) in [5, 5.41) is 0. The van der Waals surface area contributed by atoms with Crippen LogP contribution in [0.15, 0.2) is 0 Å². The molecule has 0 bridgehead atoms. The van der Waals surface area contributed by atoms with Gasteiger partial charge in [-0.15, -0.1) is 0 Å². The highest BCUT2D eigenvalue weighted by atomic mass is 16.2. The first-order valence-electron chi connectivity index (χ1n) is 4.81. The van der Waals surface area contributed by atoms with E-state index in [-0.39, 0.29) is 17.5 Å². The minimum Gasteiger partial charge on any atom is -0.299 e. The SMILES string of the molecule is CCCCC(=O)C1CCCC1=O. The van der Waals surface area contributed by atoms with Crippen LogP contribution in [0.25, 0.3) is 0 Å². The van der Waals surface area contributed by atoms with Crippen LogP contribution in [0, 0.1) is 5.92 Å². The second kappa shape index (κ2) is 4.39. The highest BCUT2D eigenvalue weighted by Gasteiger charge is 2.29. The third-order valence-electron chi connectivity index (χ3n) is 2.47. The molecule has 1 unspecified atom stereocenters. The first-order valence-corrected chi connectivity index (χ1v) is 4.81. The quantitative estimate of drug-likeness (QED) is 0.602. The van der Waals surface area contributed by atoms with Crippen molar-refractivity contribution in [2.75, 3.05) is 0 Å². The van der Waals surface area contributed by atoms with Crippen molar-refractivity contribution in [3.05, 3.63) is 0 Å². The fraction of sp³-hybridized carbons (Fsp3) is 0.800. The minimum absolute atomic E-state index is 0.177. The first-order chi connectivity index (χ1) is 5.75. The molecule has 2 heteroatoms. The van der Waals surface area contributed by atoms with E-state index in [1.165, 1.54) is 0 Å². The molecule has 1 saturated carbocycles. The summed E-state index contributed by atoms with van der Waals surface area (Å²) in [5.41, 5.74) is 0. The van der Waals surface area contributed by atoms with Gasteiger partial charge in [-0.2, -0.15) is 0 Å². The molecule has 0 aromatic rings. The van der Waals surface area contributed by atoms with E-state index in [1.807, 2.05) is 0 Å². The molecular weight excluding hydrogens is 152 g/mol. The Kier molecular flexibility index (Phi) is 3.45. The summed E-state index contributed by atoms with van der Waals surface area (Å²) in [4.78, 5) is 22.6. The number of unbranched alkanes of at least 4 members (excludes halogenated alkanes) is 1.